The Morgan fingerprint density at radius 3 is 2.60 bits per heavy atom. The summed E-state index contributed by atoms with van der Waals surface area (Å²) >= 11 is 0. The zero-order valence-corrected chi connectivity index (χ0v) is 17.0. The molecule has 0 unspecified atom stereocenters. The highest BCUT2D eigenvalue weighted by atomic mass is 19.1. The second-order valence-electron chi connectivity index (χ2n) is 7.48. The molecule has 3 aromatic rings. The molecule has 0 bridgehead atoms. The van der Waals surface area contributed by atoms with E-state index >= 15 is 0 Å². The molecular weight excluding hydrogens is 381 g/mol. The molecule has 1 aliphatic heterocycles. The third kappa shape index (κ3) is 4.45. The van der Waals surface area contributed by atoms with Gasteiger partial charge in [0.1, 0.15) is 17.7 Å². The molecular formula is C24H26FN3O2. The van der Waals surface area contributed by atoms with Gasteiger partial charge in [0.2, 0.25) is 0 Å². The van der Waals surface area contributed by atoms with Crippen molar-refractivity contribution >= 4 is 5.69 Å². The average Bonchev–Trinajstić information content (AvgIpc) is 2.80. The molecule has 2 heterocycles. The number of benzene rings is 2. The molecule has 4 rings (SSSR count). The molecule has 6 heteroatoms. The van der Waals surface area contributed by atoms with Gasteiger partial charge in [0, 0.05) is 56.2 Å². The monoisotopic (exact) mass is 407 g/mol. The average molecular weight is 407 g/mol. The SMILES string of the molecule is COc1cccc(CN2CCN(c3c(F)cccc3[C@@H](O)c3cccnc3)CC2)c1. The van der Waals surface area contributed by atoms with Crippen molar-refractivity contribution in [2.45, 2.75) is 12.6 Å². The van der Waals surface area contributed by atoms with Crippen LogP contribution in [0.15, 0.2) is 67.0 Å². The van der Waals surface area contributed by atoms with Gasteiger partial charge in [0.15, 0.2) is 0 Å². The number of nitrogens with zero attached hydrogens (tertiary/aromatic N) is 3. The van der Waals surface area contributed by atoms with E-state index in [0.717, 1.165) is 25.4 Å². The number of para-hydroxylation sites is 1. The van der Waals surface area contributed by atoms with Gasteiger partial charge in [-0.25, -0.2) is 4.39 Å². The van der Waals surface area contributed by atoms with Gasteiger partial charge in [-0.2, -0.15) is 0 Å². The van der Waals surface area contributed by atoms with Crippen molar-refractivity contribution < 1.29 is 14.2 Å². The van der Waals surface area contributed by atoms with Gasteiger partial charge < -0.3 is 14.7 Å². The maximum Gasteiger partial charge on any atom is 0.146 e. The number of ether oxygens (including phenoxy) is 1. The quantitative estimate of drug-likeness (QED) is 0.676. The highest BCUT2D eigenvalue weighted by Gasteiger charge is 2.25. The summed E-state index contributed by atoms with van der Waals surface area (Å²) in [6.45, 7) is 3.84. The van der Waals surface area contributed by atoms with Crippen LogP contribution in [0, 0.1) is 5.82 Å². The summed E-state index contributed by atoms with van der Waals surface area (Å²) in [6.07, 6.45) is 2.36. The van der Waals surface area contributed by atoms with E-state index in [9.17, 15) is 9.50 Å². The van der Waals surface area contributed by atoms with Crippen molar-refractivity contribution in [1.29, 1.82) is 0 Å². The Balaban J connectivity index is 1.48. The van der Waals surface area contributed by atoms with E-state index in [2.05, 4.69) is 16.0 Å². The van der Waals surface area contributed by atoms with Crippen molar-refractivity contribution in [3.05, 3.63) is 89.5 Å². The fourth-order valence-electron chi connectivity index (χ4n) is 3.96. The van der Waals surface area contributed by atoms with Crippen LogP contribution in [0.25, 0.3) is 0 Å². The predicted octanol–water partition coefficient (Wildman–Crippen LogP) is 3.63. The molecule has 156 valence electrons. The summed E-state index contributed by atoms with van der Waals surface area (Å²) in [5.74, 6) is 0.545. The van der Waals surface area contributed by atoms with E-state index in [1.807, 2.05) is 23.1 Å². The Kier molecular flexibility index (Phi) is 6.26. The van der Waals surface area contributed by atoms with Crippen LogP contribution >= 0.6 is 0 Å². The number of halogens is 1. The third-order valence-corrected chi connectivity index (χ3v) is 5.54. The number of methoxy groups -OCH3 is 1. The van der Waals surface area contributed by atoms with Crippen LogP contribution in [0.2, 0.25) is 0 Å². The van der Waals surface area contributed by atoms with E-state index in [1.54, 1.807) is 43.8 Å². The molecule has 0 amide bonds. The minimum atomic E-state index is -0.917. The van der Waals surface area contributed by atoms with Crippen LogP contribution in [0.5, 0.6) is 5.75 Å². The van der Waals surface area contributed by atoms with Gasteiger partial charge in [-0.1, -0.05) is 30.3 Å². The highest BCUT2D eigenvalue weighted by Crippen LogP contribution is 2.33. The first-order chi connectivity index (χ1) is 14.7. The highest BCUT2D eigenvalue weighted by molar-refractivity contribution is 5.58. The molecule has 0 radical (unpaired) electrons. The van der Waals surface area contributed by atoms with Crippen LogP contribution < -0.4 is 9.64 Å². The number of hydrogen-bond acceptors (Lipinski definition) is 5. The first-order valence-electron chi connectivity index (χ1n) is 10.1. The number of aliphatic hydroxyl groups is 1. The van der Waals surface area contributed by atoms with Crippen molar-refractivity contribution in [2.24, 2.45) is 0 Å². The lowest BCUT2D eigenvalue weighted by atomic mass is 9.99. The molecule has 0 aliphatic carbocycles. The number of piperazine rings is 1. The topological polar surface area (TPSA) is 48.8 Å². The molecule has 0 spiro atoms. The molecule has 1 saturated heterocycles. The number of hydrogen-bond donors (Lipinski definition) is 1. The molecule has 1 aliphatic rings. The molecule has 5 nitrogen and oxygen atoms in total. The predicted molar refractivity (Wildman–Crippen MR) is 115 cm³/mol. The first-order valence-corrected chi connectivity index (χ1v) is 10.1. The standard InChI is InChI=1S/C24H26FN3O2/c1-30-20-7-2-5-18(15-20)17-27-11-13-28(14-12-27)23-21(8-3-9-22(23)25)24(29)19-6-4-10-26-16-19/h2-10,15-16,24,29H,11-14,17H2,1H3/t24-/m0/s1. The van der Waals surface area contributed by atoms with Crippen molar-refractivity contribution in [3.8, 4) is 5.75 Å². The molecule has 1 aromatic heterocycles. The van der Waals surface area contributed by atoms with Crippen molar-refractivity contribution in [1.82, 2.24) is 9.88 Å². The van der Waals surface area contributed by atoms with E-state index in [-0.39, 0.29) is 5.82 Å². The Hall–Kier alpha value is -2.96. The second kappa shape index (κ2) is 9.24. The Morgan fingerprint density at radius 1 is 1.07 bits per heavy atom. The molecule has 2 aromatic carbocycles. The van der Waals surface area contributed by atoms with Crippen LogP contribution in [-0.2, 0) is 6.54 Å². The zero-order chi connectivity index (χ0) is 20.9. The normalized spacial score (nSPS) is 15.8. The van der Waals surface area contributed by atoms with Gasteiger partial charge in [0.25, 0.3) is 0 Å². The fraction of sp³-hybridized carbons (Fsp3) is 0.292. The maximum atomic E-state index is 14.8. The summed E-state index contributed by atoms with van der Waals surface area (Å²) in [5.41, 5.74) is 2.90. The number of aromatic nitrogens is 1. The number of pyridine rings is 1. The number of anilines is 1. The van der Waals surface area contributed by atoms with Crippen molar-refractivity contribution in [3.63, 3.8) is 0 Å². The molecule has 1 N–H and O–H groups in total. The fourth-order valence-corrected chi connectivity index (χ4v) is 3.96. The van der Waals surface area contributed by atoms with Crippen LogP contribution in [-0.4, -0.2) is 48.3 Å². The largest absolute Gasteiger partial charge is 0.497 e. The lowest BCUT2D eigenvalue weighted by Gasteiger charge is -2.37. The van der Waals surface area contributed by atoms with E-state index < -0.39 is 6.10 Å². The maximum absolute atomic E-state index is 14.8. The third-order valence-electron chi connectivity index (χ3n) is 5.54. The smallest absolute Gasteiger partial charge is 0.146 e. The summed E-state index contributed by atoms with van der Waals surface area (Å²) in [7, 11) is 1.67. The summed E-state index contributed by atoms with van der Waals surface area (Å²) in [5, 5.41) is 10.9. The summed E-state index contributed by atoms with van der Waals surface area (Å²) in [4.78, 5) is 8.46. The van der Waals surface area contributed by atoms with Gasteiger partial charge in [0.05, 0.1) is 12.8 Å². The van der Waals surface area contributed by atoms with E-state index in [0.29, 0.717) is 29.9 Å². The Morgan fingerprint density at radius 2 is 1.87 bits per heavy atom. The minimum absolute atomic E-state index is 0.309. The Bertz CT molecular complexity index is 975. The van der Waals surface area contributed by atoms with Crippen LogP contribution in [0.1, 0.15) is 22.8 Å². The van der Waals surface area contributed by atoms with Crippen LogP contribution in [0.4, 0.5) is 10.1 Å². The summed E-state index contributed by atoms with van der Waals surface area (Å²) < 4.78 is 20.1. The number of rotatable bonds is 6. The molecule has 1 fully saturated rings. The second-order valence-corrected chi connectivity index (χ2v) is 7.48. The van der Waals surface area contributed by atoms with Gasteiger partial charge in [-0.3, -0.25) is 9.88 Å². The lowest BCUT2D eigenvalue weighted by molar-refractivity contribution is 0.218. The van der Waals surface area contributed by atoms with Crippen molar-refractivity contribution in [2.75, 3.05) is 38.2 Å². The van der Waals surface area contributed by atoms with Gasteiger partial charge in [-0.05, 0) is 29.8 Å². The molecule has 1 atom stereocenters. The van der Waals surface area contributed by atoms with Crippen LogP contribution in [0.3, 0.4) is 0 Å². The zero-order valence-electron chi connectivity index (χ0n) is 17.0. The first kappa shape index (κ1) is 20.3. The van der Waals surface area contributed by atoms with Gasteiger partial charge >= 0.3 is 0 Å². The number of aliphatic hydroxyl groups excluding tert-OH is 1. The Labute approximate surface area is 176 Å². The lowest BCUT2D eigenvalue weighted by Crippen LogP contribution is -2.46. The minimum Gasteiger partial charge on any atom is -0.497 e. The van der Waals surface area contributed by atoms with Gasteiger partial charge in [-0.15, -0.1) is 0 Å². The van der Waals surface area contributed by atoms with E-state index in [1.165, 1.54) is 11.6 Å². The molecule has 0 saturated carbocycles. The summed E-state index contributed by atoms with van der Waals surface area (Å²) in [6, 6.07) is 16.5. The molecule has 30 heavy (non-hydrogen) atoms. The van der Waals surface area contributed by atoms with E-state index in [4.69, 9.17) is 4.74 Å².